The normalized spacial score (nSPS) is 16.6. The van der Waals surface area contributed by atoms with E-state index in [0.717, 1.165) is 18.5 Å². The Balaban J connectivity index is 2.64. The monoisotopic (exact) mass is 318 g/mol. The third kappa shape index (κ3) is 5.32. The SMILES string of the molecule is CC(NCCC(C)S(C)=O)c1cccc(S(N)(=O)=O)c1. The zero-order chi connectivity index (χ0) is 15.3. The molecule has 3 atom stereocenters. The van der Waals surface area contributed by atoms with Gasteiger partial charge in [-0.2, -0.15) is 0 Å². The first-order valence-corrected chi connectivity index (χ1v) is 9.57. The van der Waals surface area contributed by atoms with E-state index in [1.165, 1.54) is 6.07 Å². The molecule has 3 unspecified atom stereocenters. The molecule has 0 bridgehead atoms. The van der Waals surface area contributed by atoms with Gasteiger partial charge in [0.1, 0.15) is 0 Å². The van der Waals surface area contributed by atoms with E-state index >= 15 is 0 Å². The summed E-state index contributed by atoms with van der Waals surface area (Å²) in [4.78, 5) is 0.117. The molecule has 5 nitrogen and oxygen atoms in total. The Morgan fingerprint density at radius 3 is 2.55 bits per heavy atom. The van der Waals surface area contributed by atoms with Crippen LogP contribution in [0.4, 0.5) is 0 Å². The summed E-state index contributed by atoms with van der Waals surface area (Å²) in [6, 6.07) is 6.60. The number of hydrogen-bond donors (Lipinski definition) is 2. The van der Waals surface area contributed by atoms with Crippen LogP contribution < -0.4 is 10.5 Å². The Morgan fingerprint density at radius 2 is 2.00 bits per heavy atom. The molecule has 0 amide bonds. The van der Waals surface area contributed by atoms with Crippen molar-refractivity contribution in [3.8, 4) is 0 Å². The topological polar surface area (TPSA) is 89.3 Å². The molecule has 20 heavy (non-hydrogen) atoms. The number of primary sulfonamides is 1. The zero-order valence-electron chi connectivity index (χ0n) is 12.0. The fourth-order valence-electron chi connectivity index (χ4n) is 1.75. The van der Waals surface area contributed by atoms with Crippen molar-refractivity contribution >= 4 is 20.8 Å². The van der Waals surface area contributed by atoms with Gasteiger partial charge < -0.3 is 5.32 Å². The molecule has 1 aromatic carbocycles. The lowest BCUT2D eigenvalue weighted by Gasteiger charge is -2.16. The van der Waals surface area contributed by atoms with Crippen LogP contribution in [0, 0.1) is 0 Å². The second kappa shape index (κ2) is 7.31. The molecular formula is C13H22N2O3S2. The van der Waals surface area contributed by atoms with Gasteiger partial charge in [-0.15, -0.1) is 0 Å². The minimum absolute atomic E-state index is 0.00851. The number of hydrogen-bond acceptors (Lipinski definition) is 4. The molecule has 0 aliphatic heterocycles. The number of rotatable bonds is 7. The lowest BCUT2D eigenvalue weighted by atomic mass is 10.1. The van der Waals surface area contributed by atoms with Gasteiger partial charge in [0.2, 0.25) is 10.0 Å². The average Bonchev–Trinajstić information content (AvgIpc) is 2.37. The van der Waals surface area contributed by atoms with Gasteiger partial charge in [0.25, 0.3) is 0 Å². The molecule has 0 fully saturated rings. The highest BCUT2D eigenvalue weighted by Crippen LogP contribution is 2.16. The number of sulfonamides is 1. The molecule has 1 rings (SSSR count). The van der Waals surface area contributed by atoms with Gasteiger partial charge in [-0.1, -0.05) is 19.1 Å². The van der Waals surface area contributed by atoms with Crippen LogP contribution in [0.5, 0.6) is 0 Å². The molecule has 0 heterocycles. The van der Waals surface area contributed by atoms with Crippen LogP contribution in [-0.4, -0.2) is 30.7 Å². The van der Waals surface area contributed by atoms with Crippen LogP contribution in [0.25, 0.3) is 0 Å². The molecule has 114 valence electrons. The molecule has 1 aromatic rings. The van der Waals surface area contributed by atoms with Gasteiger partial charge in [-0.25, -0.2) is 13.6 Å². The van der Waals surface area contributed by atoms with Crippen molar-refractivity contribution in [3.63, 3.8) is 0 Å². The average molecular weight is 318 g/mol. The summed E-state index contributed by atoms with van der Waals surface area (Å²) in [5.74, 6) is 0. The molecule has 0 saturated carbocycles. The second-order valence-corrected chi connectivity index (χ2v) is 8.25. The first-order valence-electron chi connectivity index (χ1n) is 6.40. The van der Waals surface area contributed by atoms with Crippen LogP contribution in [0.1, 0.15) is 31.9 Å². The predicted octanol–water partition coefficient (Wildman–Crippen LogP) is 1.14. The largest absolute Gasteiger partial charge is 0.310 e. The van der Waals surface area contributed by atoms with Gasteiger partial charge >= 0.3 is 0 Å². The van der Waals surface area contributed by atoms with Crippen molar-refractivity contribution in [2.24, 2.45) is 5.14 Å². The van der Waals surface area contributed by atoms with Crippen molar-refractivity contribution < 1.29 is 12.6 Å². The lowest BCUT2D eigenvalue weighted by Crippen LogP contribution is -2.24. The maximum absolute atomic E-state index is 11.3. The fraction of sp³-hybridized carbons (Fsp3) is 0.538. The molecule has 7 heteroatoms. The molecule has 0 aliphatic carbocycles. The highest BCUT2D eigenvalue weighted by atomic mass is 32.2. The van der Waals surface area contributed by atoms with Crippen LogP contribution in [-0.2, 0) is 20.8 Å². The Hall–Kier alpha value is -0.760. The Morgan fingerprint density at radius 1 is 1.35 bits per heavy atom. The predicted molar refractivity (Wildman–Crippen MR) is 82.4 cm³/mol. The van der Waals surface area contributed by atoms with Gasteiger partial charge in [-0.05, 0) is 37.6 Å². The quantitative estimate of drug-likeness (QED) is 0.789. The fourth-order valence-corrected chi connectivity index (χ4v) is 2.77. The first-order chi connectivity index (χ1) is 9.21. The van der Waals surface area contributed by atoms with Crippen LogP contribution >= 0.6 is 0 Å². The summed E-state index contributed by atoms with van der Waals surface area (Å²) in [5, 5.41) is 8.55. The minimum atomic E-state index is -3.67. The second-order valence-electron chi connectivity index (χ2n) is 4.89. The highest BCUT2D eigenvalue weighted by Gasteiger charge is 2.12. The van der Waals surface area contributed by atoms with Crippen molar-refractivity contribution in [2.75, 3.05) is 12.8 Å². The van der Waals surface area contributed by atoms with Crippen LogP contribution in [0.15, 0.2) is 29.2 Å². The minimum Gasteiger partial charge on any atom is -0.310 e. The van der Waals surface area contributed by atoms with Gasteiger partial charge in [-0.3, -0.25) is 4.21 Å². The Bertz CT molecular complexity index is 573. The van der Waals surface area contributed by atoms with E-state index in [0.29, 0.717) is 0 Å². The summed E-state index contributed by atoms with van der Waals surface area (Å²) >= 11 is 0. The summed E-state index contributed by atoms with van der Waals surface area (Å²) in [6.07, 6.45) is 2.51. The maximum Gasteiger partial charge on any atom is 0.238 e. The van der Waals surface area contributed by atoms with E-state index in [4.69, 9.17) is 5.14 Å². The van der Waals surface area contributed by atoms with Gasteiger partial charge in [0.15, 0.2) is 0 Å². The number of nitrogens with two attached hydrogens (primary N) is 1. The van der Waals surface area contributed by atoms with E-state index in [1.54, 1.807) is 18.4 Å². The first kappa shape index (κ1) is 17.3. The summed E-state index contributed by atoms with van der Waals surface area (Å²) in [6.45, 7) is 4.63. The van der Waals surface area contributed by atoms with Crippen LogP contribution in [0.2, 0.25) is 0 Å². The summed E-state index contributed by atoms with van der Waals surface area (Å²) < 4.78 is 33.9. The van der Waals surface area contributed by atoms with Crippen molar-refractivity contribution in [3.05, 3.63) is 29.8 Å². The molecular weight excluding hydrogens is 296 g/mol. The van der Waals surface area contributed by atoms with E-state index < -0.39 is 20.8 Å². The molecule has 0 radical (unpaired) electrons. The van der Waals surface area contributed by atoms with Crippen molar-refractivity contribution in [1.29, 1.82) is 0 Å². The third-order valence-electron chi connectivity index (χ3n) is 3.25. The van der Waals surface area contributed by atoms with Gasteiger partial charge in [0, 0.05) is 28.3 Å². The van der Waals surface area contributed by atoms with Crippen molar-refractivity contribution in [1.82, 2.24) is 5.32 Å². The van der Waals surface area contributed by atoms with E-state index in [9.17, 15) is 12.6 Å². The molecule has 0 spiro atoms. The smallest absolute Gasteiger partial charge is 0.238 e. The third-order valence-corrected chi connectivity index (χ3v) is 5.53. The number of nitrogens with one attached hydrogen (secondary N) is 1. The summed E-state index contributed by atoms with van der Waals surface area (Å²) in [5.41, 5.74) is 0.863. The lowest BCUT2D eigenvalue weighted by molar-refractivity contribution is 0.552. The Kier molecular flexibility index (Phi) is 6.32. The Labute approximate surface area is 123 Å². The molecule has 0 aromatic heterocycles. The van der Waals surface area contributed by atoms with E-state index in [1.807, 2.05) is 19.9 Å². The van der Waals surface area contributed by atoms with Gasteiger partial charge in [0.05, 0.1) is 4.90 Å². The zero-order valence-corrected chi connectivity index (χ0v) is 13.6. The van der Waals surface area contributed by atoms with E-state index in [2.05, 4.69) is 5.32 Å². The highest BCUT2D eigenvalue weighted by molar-refractivity contribution is 7.89. The van der Waals surface area contributed by atoms with Crippen molar-refractivity contribution in [2.45, 2.75) is 36.5 Å². The standard InChI is InChI=1S/C13H22N2O3S2/c1-10(19(3)16)7-8-15-11(2)12-5-4-6-13(9-12)20(14,17)18/h4-6,9-11,15H,7-8H2,1-3H3,(H2,14,17,18). The molecule has 0 aliphatic rings. The molecule has 0 saturated heterocycles. The maximum atomic E-state index is 11.3. The van der Waals surface area contributed by atoms with Crippen LogP contribution in [0.3, 0.4) is 0 Å². The summed E-state index contributed by atoms with van der Waals surface area (Å²) in [7, 11) is -4.49. The van der Waals surface area contributed by atoms with E-state index in [-0.39, 0.29) is 16.2 Å². The number of benzene rings is 1. The molecule has 3 N–H and O–H groups in total.